The van der Waals surface area contributed by atoms with Gasteiger partial charge in [-0.2, -0.15) is 0 Å². The Bertz CT molecular complexity index is 401. The quantitative estimate of drug-likeness (QED) is 0.847. The zero-order valence-corrected chi connectivity index (χ0v) is 10.6. The van der Waals surface area contributed by atoms with E-state index in [0.29, 0.717) is 30.3 Å². The van der Waals surface area contributed by atoms with Gasteiger partial charge in [0.1, 0.15) is 0 Å². The Hall–Kier alpha value is -1.14. The first kappa shape index (κ1) is 11.9. The highest BCUT2D eigenvalue weighted by Crippen LogP contribution is 2.40. The Morgan fingerprint density at radius 3 is 2.83 bits per heavy atom. The van der Waals surface area contributed by atoms with E-state index in [2.05, 4.69) is 15.1 Å². The van der Waals surface area contributed by atoms with E-state index in [1.807, 2.05) is 0 Å². The van der Waals surface area contributed by atoms with Crippen LogP contribution in [0.2, 0.25) is 0 Å². The molecule has 3 rings (SSSR count). The number of nitrogens with zero attached hydrogens (tertiary/aromatic N) is 3. The molecule has 6 heteroatoms. The van der Waals surface area contributed by atoms with Crippen molar-refractivity contribution in [2.24, 2.45) is 11.1 Å². The highest BCUT2D eigenvalue weighted by Gasteiger charge is 2.40. The van der Waals surface area contributed by atoms with Crippen molar-refractivity contribution < 1.29 is 9.15 Å². The summed E-state index contributed by atoms with van der Waals surface area (Å²) >= 11 is 0. The molecule has 1 aromatic heterocycles. The molecule has 0 unspecified atom stereocenters. The minimum atomic E-state index is 0.404. The third-order valence-electron chi connectivity index (χ3n) is 4.08. The molecule has 0 aliphatic carbocycles. The van der Waals surface area contributed by atoms with Crippen molar-refractivity contribution >= 4 is 6.01 Å². The van der Waals surface area contributed by atoms with Crippen molar-refractivity contribution in [1.82, 2.24) is 10.2 Å². The second-order valence-corrected chi connectivity index (χ2v) is 5.30. The van der Waals surface area contributed by atoms with Crippen LogP contribution in [0.25, 0.3) is 0 Å². The molecule has 0 atom stereocenters. The van der Waals surface area contributed by atoms with Crippen LogP contribution in [-0.2, 0) is 11.2 Å². The summed E-state index contributed by atoms with van der Waals surface area (Å²) in [5, 5.41) is 8.14. The van der Waals surface area contributed by atoms with Crippen LogP contribution in [0.15, 0.2) is 4.42 Å². The molecule has 2 aliphatic heterocycles. The van der Waals surface area contributed by atoms with E-state index in [4.69, 9.17) is 14.9 Å². The third kappa shape index (κ3) is 2.22. The van der Waals surface area contributed by atoms with Crippen LogP contribution in [0.1, 0.15) is 25.2 Å². The monoisotopic (exact) mass is 252 g/mol. The van der Waals surface area contributed by atoms with Gasteiger partial charge < -0.3 is 19.8 Å². The smallest absolute Gasteiger partial charge is 0.318 e. The molecule has 2 N–H and O–H groups in total. The summed E-state index contributed by atoms with van der Waals surface area (Å²) < 4.78 is 11.1. The van der Waals surface area contributed by atoms with Crippen molar-refractivity contribution in [2.75, 3.05) is 37.7 Å². The molecule has 1 spiro atoms. The molecular formula is C12H20N4O2. The molecule has 0 saturated carbocycles. The molecule has 2 aliphatic rings. The molecule has 18 heavy (non-hydrogen) atoms. The van der Waals surface area contributed by atoms with E-state index < -0.39 is 0 Å². The first-order chi connectivity index (χ1) is 8.81. The van der Waals surface area contributed by atoms with Gasteiger partial charge in [0.2, 0.25) is 5.89 Å². The summed E-state index contributed by atoms with van der Waals surface area (Å²) in [4.78, 5) is 2.21. The summed E-state index contributed by atoms with van der Waals surface area (Å²) in [6.07, 6.45) is 4.14. The van der Waals surface area contributed by atoms with Crippen molar-refractivity contribution in [3.05, 3.63) is 5.89 Å². The van der Waals surface area contributed by atoms with Gasteiger partial charge in [0, 0.05) is 39.3 Å². The summed E-state index contributed by atoms with van der Waals surface area (Å²) in [5.41, 5.74) is 5.88. The van der Waals surface area contributed by atoms with Crippen LogP contribution in [-0.4, -0.2) is 43.0 Å². The Labute approximate surface area is 106 Å². The molecule has 1 aromatic rings. The topological polar surface area (TPSA) is 77.4 Å². The van der Waals surface area contributed by atoms with Crippen LogP contribution in [0.5, 0.6) is 0 Å². The normalized spacial score (nSPS) is 22.8. The third-order valence-corrected chi connectivity index (χ3v) is 4.08. The van der Waals surface area contributed by atoms with E-state index in [0.717, 1.165) is 39.1 Å². The molecule has 6 nitrogen and oxygen atoms in total. The number of rotatable bonds is 3. The minimum absolute atomic E-state index is 0.404. The fraction of sp³-hybridized carbons (Fsp3) is 0.833. The first-order valence-corrected chi connectivity index (χ1v) is 6.66. The van der Waals surface area contributed by atoms with Crippen LogP contribution < -0.4 is 10.6 Å². The van der Waals surface area contributed by atoms with Gasteiger partial charge in [0.15, 0.2) is 0 Å². The summed E-state index contributed by atoms with van der Waals surface area (Å²) in [6, 6.07) is 0.654. The number of ether oxygens (including phenoxy) is 1. The molecule has 2 saturated heterocycles. The molecule has 100 valence electrons. The van der Waals surface area contributed by atoms with Crippen LogP contribution >= 0.6 is 0 Å². The second kappa shape index (κ2) is 4.85. The maximum Gasteiger partial charge on any atom is 0.318 e. The lowest BCUT2D eigenvalue weighted by atomic mass is 9.80. The zero-order chi connectivity index (χ0) is 12.4. The number of hydrogen-bond donors (Lipinski definition) is 1. The van der Waals surface area contributed by atoms with E-state index >= 15 is 0 Å². The average Bonchev–Trinajstić information content (AvgIpc) is 2.99. The van der Waals surface area contributed by atoms with Crippen molar-refractivity contribution in [2.45, 2.75) is 25.7 Å². The zero-order valence-electron chi connectivity index (χ0n) is 10.6. The Kier molecular flexibility index (Phi) is 3.22. The van der Waals surface area contributed by atoms with Crippen LogP contribution in [0.3, 0.4) is 0 Å². The van der Waals surface area contributed by atoms with Gasteiger partial charge in [-0.3, -0.25) is 0 Å². The summed E-state index contributed by atoms with van der Waals surface area (Å²) in [5.74, 6) is 0.639. The van der Waals surface area contributed by atoms with Gasteiger partial charge in [-0.1, -0.05) is 5.10 Å². The highest BCUT2D eigenvalue weighted by atomic mass is 16.5. The summed E-state index contributed by atoms with van der Waals surface area (Å²) in [6.45, 7) is 4.33. The first-order valence-electron chi connectivity index (χ1n) is 6.66. The Morgan fingerprint density at radius 1 is 1.22 bits per heavy atom. The van der Waals surface area contributed by atoms with Gasteiger partial charge in [-0.05, 0) is 24.7 Å². The number of nitrogens with two attached hydrogens (primary N) is 1. The predicted molar refractivity (Wildman–Crippen MR) is 66.4 cm³/mol. The van der Waals surface area contributed by atoms with Gasteiger partial charge in [0.25, 0.3) is 0 Å². The minimum Gasteiger partial charge on any atom is -0.408 e. The van der Waals surface area contributed by atoms with E-state index in [9.17, 15) is 0 Å². The van der Waals surface area contributed by atoms with E-state index in [1.165, 1.54) is 6.42 Å². The fourth-order valence-electron chi connectivity index (χ4n) is 2.91. The highest BCUT2D eigenvalue weighted by molar-refractivity contribution is 5.28. The molecule has 3 heterocycles. The van der Waals surface area contributed by atoms with E-state index in [-0.39, 0.29) is 0 Å². The fourth-order valence-corrected chi connectivity index (χ4v) is 2.91. The average molecular weight is 252 g/mol. The predicted octanol–water partition coefficient (Wildman–Crippen LogP) is 0.578. The molecular weight excluding hydrogens is 232 g/mol. The molecule has 0 radical (unpaired) electrons. The van der Waals surface area contributed by atoms with Crippen LogP contribution in [0.4, 0.5) is 6.01 Å². The van der Waals surface area contributed by atoms with E-state index in [1.54, 1.807) is 0 Å². The Balaban J connectivity index is 1.66. The molecule has 0 amide bonds. The maximum atomic E-state index is 5.63. The van der Waals surface area contributed by atoms with Crippen molar-refractivity contribution in [3.63, 3.8) is 0 Å². The maximum absolute atomic E-state index is 5.63. The largest absolute Gasteiger partial charge is 0.408 e. The standard InChI is InChI=1S/C12H20N4O2/c13-5-1-10-14-15-11(18-10)16-6-2-12(9-16)3-7-17-8-4-12/h1-9,13H2. The second-order valence-electron chi connectivity index (χ2n) is 5.30. The van der Waals surface area contributed by atoms with Gasteiger partial charge in [-0.25, -0.2) is 0 Å². The Morgan fingerprint density at radius 2 is 2.06 bits per heavy atom. The number of anilines is 1. The molecule has 2 fully saturated rings. The van der Waals surface area contributed by atoms with Crippen LogP contribution in [0, 0.1) is 5.41 Å². The number of aromatic nitrogens is 2. The number of hydrogen-bond acceptors (Lipinski definition) is 6. The molecule has 0 bridgehead atoms. The summed E-state index contributed by atoms with van der Waals surface area (Å²) in [7, 11) is 0. The lowest BCUT2D eigenvalue weighted by Gasteiger charge is -2.32. The van der Waals surface area contributed by atoms with Crippen molar-refractivity contribution in [1.29, 1.82) is 0 Å². The van der Waals surface area contributed by atoms with Gasteiger partial charge >= 0.3 is 6.01 Å². The molecule has 0 aromatic carbocycles. The van der Waals surface area contributed by atoms with Gasteiger partial charge in [0.05, 0.1) is 0 Å². The lowest BCUT2D eigenvalue weighted by Crippen LogP contribution is -2.33. The van der Waals surface area contributed by atoms with Gasteiger partial charge in [-0.15, -0.1) is 5.10 Å². The lowest BCUT2D eigenvalue weighted by molar-refractivity contribution is 0.0253. The van der Waals surface area contributed by atoms with Crippen molar-refractivity contribution in [3.8, 4) is 0 Å². The SMILES string of the molecule is NCCc1nnc(N2CCC3(CCOCC3)C2)o1.